The van der Waals surface area contributed by atoms with Crippen molar-refractivity contribution in [1.82, 2.24) is 4.98 Å². The lowest BCUT2D eigenvalue weighted by Crippen LogP contribution is -2.13. The number of anilines is 1. The molecule has 0 unspecified atom stereocenters. The Morgan fingerprint density at radius 1 is 1.29 bits per heavy atom. The third-order valence-electron chi connectivity index (χ3n) is 2.44. The average Bonchev–Trinajstić information content (AvgIpc) is 2.39. The summed E-state index contributed by atoms with van der Waals surface area (Å²) < 4.78 is 36.5. The molecule has 0 radical (unpaired) electrons. The summed E-state index contributed by atoms with van der Waals surface area (Å²) in [5.74, 6) is -1.49. The minimum absolute atomic E-state index is 0.163. The summed E-state index contributed by atoms with van der Waals surface area (Å²) >= 11 is 3.16. The molecule has 0 fully saturated rings. The maximum Gasteiger partial charge on any atom is 0.261 e. The van der Waals surface area contributed by atoms with Crippen LogP contribution < -0.4 is 5.32 Å². The lowest BCUT2D eigenvalue weighted by Gasteiger charge is -2.07. The van der Waals surface area contributed by atoms with Gasteiger partial charge >= 0.3 is 0 Å². The molecule has 1 heterocycles. The van der Waals surface area contributed by atoms with Gasteiger partial charge in [-0.05, 0) is 40.2 Å². The minimum atomic E-state index is -4.03. The van der Waals surface area contributed by atoms with E-state index in [1.165, 1.54) is 18.5 Å². The van der Waals surface area contributed by atoms with Gasteiger partial charge in [-0.3, -0.25) is 9.78 Å². The molecule has 0 bridgehead atoms. The van der Waals surface area contributed by atoms with Gasteiger partial charge in [-0.1, -0.05) is 0 Å². The largest absolute Gasteiger partial charge is 0.319 e. The number of carbonyl (C=O) groups excluding carboxylic acids is 1. The van der Waals surface area contributed by atoms with Gasteiger partial charge in [-0.2, -0.15) is 0 Å². The molecule has 0 aliphatic heterocycles. The van der Waals surface area contributed by atoms with Crippen LogP contribution in [0.3, 0.4) is 0 Å². The number of carbonyl (C=O) groups is 1. The average molecular weight is 394 g/mol. The number of hydrogen-bond acceptors (Lipinski definition) is 4. The van der Waals surface area contributed by atoms with Crippen LogP contribution in [0.2, 0.25) is 0 Å². The molecule has 0 saturated carbocycles. The summed E-state index contributed by atoms with van der Waals surface area (Å²) in [4.78, 5) is 15.3. The molecule has 1 aromatic heterocycles. The maximum absolute atomic E-state index is 13.8. The number of nitrogens with one attached hydrogen (secondary N) is 1. The van der Waals surface area contributed by atoms with Crippen LogP contribution in [0.15, 0.2) is 46.0 Å². The predicted octanol–water partition coefficient (Wildman–Crippen LogP) is 3.16. The van der Waals surface area contributed by atoms with E-state index in [-0.39, 0.29) is 16.1 Å². The minimum Gasteiger partial charge on any atom is -0.319 e. The van der Waals surface area contributed by atoms with Crippen LogP contribution in [0.4, 0.5) is 10.1 Å². The second-order valence-electron chi connectivity index (χ2n) is 3.93. The van der Waals surface area contributed by atoms with Crippen molar-refractivity contribution in [2.75, 3.05) is 5.32 Å². The van der Waals surface area contributed by atoms with Crippen LogP contribution in [-0.4, -0.2) is 19.3 Å². The quantitative estimate of drug-likeness (QED) is 0.813. The Balaban J connectivity index is 2.26. The van der Waals surface area contributed by atoms with Gasteiger partial charge in [-0.15, -0.1) is 0 Å². The first-order valence-corrected chi connectivity index (χ1v) is 8.54. The van der Waals surface area contributed by atoms with Crippen LogP contribution in [0, 0.1) is 5.82 Å². The van der Waals surface area contributed by atoms with Crippen molar-refractivity contribution in [1.29, 1.82) is 0 Å². The summed E-state index contributed by atoms with van der Waals surface area (Å²) in [6.45, 7) is 0. The molecule has 110 valence electrons. The lowest BCUT2D eigenvalue weighted by atomic mass is 10.2. The molecule has 2 aromatic rings. The Morgan fingerprint density at radius 2 is 2.00 bits per heavy atom. The number of amides is 1. The first-order chi connectivity index (χ1) is 9.77. The highest BCUT2D eigenvalue weighted by Crippen LogP contribution is 2.22. The van der Waals surface area contributed by atoms with Gasteiger partial charge in [0.1, 0.15) is 5.82 Å². The Hall–Kier alpha value is -1.51. The third kappa shape index (κ3) is 3.99. The summed E-state index contributed by atoms with van der Waals surface area (Å²) in [6, 6.07) is 4.46. The van der Waals surface area contributed by atoms with E-state index in [1.807, 2.05) is 0 Å². The lowest BCUT2D eigenvalue weighted by molar-refractivity contribution is 0.102. The van der Waals surface area contributed by atoms with E-state index < -0.39 is 20.8 Å². The van der Waals surface area contributed by atoms with Crippen LogP contribution in [0.5, 0.6) is 0 Å². The van der Waals surface area contributed by atoms with Gasteiger partial charge < -0.3 is 5.32 Å². The Morgan fingerprint density at radius 3 is 2.57 bits per heavy atom. The highest BCUT2D eigenvalue weighted by Gasteiger charge is 2.15. The zero-order valence-corrected chi connectivity index (χ0v) is 13.3. The van der Waals surface area contributed by atoms with Crippen LogP contribution in [0.25, 0.3) is 0 Å². The van der Waals surface area contributed by atoms with E-state index >= 15 is 0 Å². The molecule has 0 spiro atoms. The molecule has 0 aliphatic carbocycles. The number of pyridine rings is 1. The van der Waals surface area contributed by atoms with Crippen LogP contribution >= 0.6 is 26.6 Å². The number of rotatable bonds is 3. The molecular formula is C12H7BrClFN2O3S. The maximum atomic E-state index is 13.8. The summed E-state index contributed by atoms with van der Waals surface area (Å²) in [5, 5.41) is 2.32. The highest BCUT2D eigenvalue weighted by atomic mass is 79.9. The normalized spacial score (nSPS) is 11.2. The van der Waals surface area contributed by atoms with Gasteiger partial charge in [0.05, 0.1) is 16.1 Å². The number of halogens is 3. The number of benzene rings is 1. The van der Waals surface area contributed by atoms with Crippen LogP contribution in [0.1, 0.15) is 10.4 Å². The molecule has 0 saturated heterocycles. The van der Waals surface area contributed by atoms with E-state index in [0.29, 0.717) is 4.47 Å². The second-order valence-corrected chi connectivity index (χ2v) is 7.41. The van der Waals surface area contributed by atoms with Crippen molar-refractivity contribution in [2.45, 2.75) is 4.90 Å². The van der Waals surface area contributed by atoms with Crippen molar-refractivity contribution in [2.24, 2.45) is 0 Å². The molecule has 0 aliphatic rings. The van der Waals surface area contributed by atoms with Crippen molar-refractivity contribution in [3.63, 3.8) is 0 Å². The molecular weight excluding hydrogens is 387 g/mol. The summed E-state index contributed by atoms with van der Waals surface area (Å²) in [7, 11) is 1.08. The molecule has 21 heavy (non-hydrogen) atoms. The van der Waals surface area contributed by atoms with E-state index in [9.17, 15) is 17.6 Å². The van der Waals surface area contributed by atoms with Gasteiger partial charge in [0.15, 0.2) is 0 Å². The summed E-state index contributed by atoms with van der Waals surface area (Å²) in [5.41, 5.74) is 0.0573. The Labute approximate surface area is 132 Å². The predicted molar refractivity (Wildman–Crippen MR) is 79.3 cm³/mol. The Kier molecular flexibility index (Phi) is 4.60. The monoisotopic (exact) mass is 392 g/mol. The SMILES string of the molecule is O=C(Nc1ccc(S(=O)(=O)Cl)cc1F)c1cncc(Br)c1. The molecule has 0 atom stereocenters. The van der Waals surface area contributed by atoms with E-state index in [1.54, 1.807) is 0 Å². The zero-order chi connectivity index (χ0) is 15.6. The molecule has 1 aromatic carbocycles. The fraction of sp³-hybridized carbons (Fsp3) is 0. The van der Waals surface area contributed by atoms with Gasteiger partial charge in [-0.25, -0.2) is 12.8 Å². The van der Waals surface area contributed by atoms with Gasteiger partial charge in [0, 0.05) is 27.5 Å². The first kappa shape index (κ1) is 15.9. The van der Waals surface area contributed by atoms with Gasteiger partial charge in [0.2, 0.25) is 0 Å². The van der Waals surface area contributed by atoms with E-state index in [0.717, 1.165) is 18.2 Å². The topological polar surface area (TPSA) is 76.1 Å². The molecule has 2 rings (SSSR count). The molecule has 9 heteroatoms. The molecule has 5 nitrogen and oxygen atoms in total. The Bertz CT molecular complexity index is 814. The number of aromatic nitrogens is 1. The zero-order valence-electron chi connectivity index (χ0n) is 10.2. The van der Waals surface area contributed by atoms with Crippen molar-refractivity contribution >= 4 is 47.3 Å². The highest BCUT2D eigenvalue weighted by molar-refractivity contribution is 9.10. The molecule has 1 amide bonds. The first-order valence-electron chi connectivity index (χ1n) is 5.43. The van der Waals surface area contributed by atoms with Crippen molar-refractivity contribution in [3.05, 3.63) is 52.5 Å². The smallest absolute Gasteiger partial charge is 0.261 e. The van der Waals surface area contributed by atoms with E-state index in [4.69, 9.17) is 10.7 Å². The van der Waals surface area contributed by atoms with Crippen molar-refractivity contribution in [3.8, 4) is 0 Å². The van der Waals surface area contributed by atoms with Crippen molar-refractivity contribution < 1.29 is 17.6 Å². The van der Waals surface area contributed by atoms with Crippen LogP contribution in [-0.2, 0) is 9.05 Å². The molecule has 1 N–H and O–H groups in total. The number of nitrogens with zero attached hydrogens (tertiary/aromatic N) is 1. The van der Waals surface area contributed by atoms with E-state index in [2.05, 4.69) is 26.2 Å². The fourth-order valence-corrected chi connectivity index (χ4v) is 2.61. The third-order valence-corrected chi connectivity index (χ3v) is 4.22. The fourth-order valence-electron chi connectivity index (χ4n) is 1.48. The standard InChI is InChI=1S/C12H7BrClFN2O3S/c13-8-3-7(5-16-6-8)12(18)17-11-2-1-9(4-10(11)15)21(14,19)20/h1-6H,(H,17,18). The van der Waals surface area contributed by atoms with Gasteiger partial charge in [0.25, 0.3) is 15.0 Å². The number of hydrogen-bond donors (Lipinski definition) is 1. The second kappa shape index (κ2) is 6.08. The summed E-state index contributed by atoms with van der Waals surface area (Å²) in [6.07, 6.45) is 2.81.